The smallest absolute Gasteiger partial charge is 0.137 e. The molecule has 0 aliphatic heterocycles. The van der Waals surface area contributed by atoms with E-state index in [9.17, 15) is 13.6 Å². The highest BCUT2D eigenvalue weighted by Gasteiger charge is 2.07. The van der Waals surface area contributed by atoms with Crippen molar-refractivity contribution in [3.05, 3.63) is 70.8 Å². The van der Waals surface area contributed by atoms with Gasteiger partial charge in [-0.15, -0.1) is 6.42 Å². The summed E-state index contributed by atoms with van der Waals surface area (Å²) in [5.74, 6) is 1.47. The van der Waals surface area contributed by atoms with E-state index in [1.807, 2.05) is 12.1 Å². The minimum Gasteiger partial charge on any atom is -0.299 e. The van der Waals surface area contributed by atoms with Crippen LogP contribution in [0.4, 0.5) is 8.78 Å². The molecular weight excluding hydrogens is 282 g/mol. The highest BCUT2D eigenvalue weighted by molar-refractivity contribution is 5.80. The molecule has 0 bridgehead atoms. The van der Waals surface area contributed by atoms with E-state index in [1.54, 1.807) is 12.1 Å². The molecule has 2 rings (SSSR count). The summed E-state index contributed by atoms with van der Waals surface area (Å²) in [6.07, 6.45) is 6.96. The third-order valence-electron chi connectivity index (χ3n) is 3.44. The molecule has 0 spiro atoms. The molecule has 2 aromatic carbocycles. The Balaban J connectivity index is 1.81. The van der Waals surface area contributed by atoms with Gasteiger partial charge in [0.1, 0.15) is 17.4 Å². The number of hydrogen-bond donors (Lipinski definition) is 0. The molecule has 112 valence electrons. The Morgan fingerprint density at radius 1 is 1.09 bits per heavy atom. The summed E-state index contributed by atoms with van der Waals surface area (Å²) >= 11 is 0. The lowest BCUT2D eigenvalue weighted by atomic mass is 10.0. The first-order valence-corrected chi connectivity index (χ1v) is 7.09. The summed E-state index contributed by atoms with van der Waals surface area (Å²) in [6, 6.07) is 10.8. The number of aryl methyl sites for hydroxylation is 1. The van der Waals surface area contributed by atoms with E-state index in [1.165, 1.54) is 12.1 Å². The molecule has 22 heavy (non-hydrogen) atoms. The predicted molar refractivity (Wildman–Crippen MR) is 82.4 cm³/mol. The van der Waals surface area contributed by atoms with Gasteiger partial charge in [-0.1, -0.05) is 24.1 Å². The van der Waals surface area contributed by atoms with Crippen LogP contribution in [0.2, 0.25) is 0 Å². The van der Waals surface area contributed by atoms with Crippen molar-refractivity contribution in [3.63, 3.8) is 0 Å². The van der Waals surface area contributed by atoms with Crippen LogP contribution in [-0.4, -0.2) is 5.78 Å². The first-order chi connectivity index (χ1) is 10.6. The van der Waals surface area contributed by atoms with Gasteiger partial charge in [-0.3, -0.25) is 4.79 Å². The van der Waals surface area contributed by atoms with E-state index in [0.717, 1.165) is 17.2 Å². The zero-order valence-electron chi connectivity index (χ0n) is 12.1. The van der Waals surface area contributed by atoms with Gasteiger partial charge in [-0.05, 0) is 42.2 Å². The van der Waals surface area contributed by atoms with Crippen molar-refractivity contribution in [2.75, 3.05) is 0 Å². The SMILES string of the molecule is C#Cc1ccc(CC(=O)CCCc2ccc(F)cc2F)cc1. The van der Waals surface area contributed by atoms with Crippen LogP contribution in [0.3, 0.4) is 0 Å². The van der Waals surface area contributed by atoms with Gasteiger partial charge in [0.05, 0.1) is 0 Å². The van der Waals surface area contributed by atoms with Crippen LogP contribution in [-0.2, 0) is 17.6 Å². The van der Waals surface area contributed by atoms with Gasteiger partial charge in [-0.2, -0.15) is 0 Å². The summed E-state index contributed by atoms with van der Waals surface area (Å²) in [4.78, 5) is 11.9. The maximum absolute atomic E-state index is 13.5. The molecule has 0 unspecified atom stereocenters. The van der Waals surface area contributed by atoms with Crippen LogP contribution in [0.1, 0.15) is 29.5 Å². The molecule has 0 atom stereocenters. The normalized spacial score (nSPS) is 10.2. The summed E-state index contributed by atoms with van der Waals surface area (Å²) in [7, 11) is 0. The summed E-state index contributed by atoms with van der Waals surface area (Å²) in [5, 5.41) is 0. The molecule has 0 radical (unpaired) electrons. The zero-order chi connectivity index (χ0) is 15.9. The Labute approximate surface area is 129 Å². The van der Waals surface area contributed by atoms with E-state index in [4.69, 9.17) is 6.42 Å². The maximum Gasteiger partial charge on any atom is 0.137 e. The van der Waals surface area contributed by atoms with Crippen molar-refractivity contribution in [2.24, 2.45) is 0 Å². The molecule has 1 nitrogen and oxygen atoms in total. The van der Waals surface area contributed by atoms with E-state index >= 15 is 0 Å². The molecule has 2 aromatic rings. The second-order valence-corrected chi connectivity index (χ2v) is 5.15. The van der Waals surface area contributed by atoms with Crippen LogP contribution >= 0.6 is 0 Å². The van der Waals surface area contributed by atoms with Gasteiger partial charge >= 0.3 is 0 Å². The largest absolute Gasteiger partial charge is 0.299 e. The lowest BCUT2D eigenvalue weighted by Crippen LogP contribution is -2.04. The molecule has 0 aliphatic rings. The highest BCUT2D eigenvalue weighted by atomic mass is 19.1. The van der Waals surface area contributed by atoms with Gasteiger partial charge in [0.25, 0.3) is 0 Å². The maximum atomic E-state index is 13.5. The number of ketones is 1. The van der Waals surface area contributed by atoms with Crippen molar-refractivity contribution in [1.82, 2.24) is 0 Å². The van der Waals surface area contributed by atoms with Crippen LogP contribution in [0.5, 0.6) is 0 Å². The number of benzene rings is 2. The Morgan fingerprint density at radius 3 is 2.45 bits per heavy atom. The van der Waals surface area contributed by atoms with Gasteiger partial charge in [-0.25, -0.2) is 8.78 Å². The van der Waals surface area contributed by atoms with Crippen LogP contribution < -0.4 is 0 Å². The Morgan fingerprint density at radius 2 is 1.82 bits per heavy atom. The fourth-order valence-corrected chi connectivity index (χ4v) is 2.24. The number of rotatable bonds is 6. The molecule has 0 aromatic heterocycles. The minimum atomic E-state index is -0.590. The minimum absolute atomic E-state index is 0.0935. The molecule has 0 heterocycles. The Kier molecular flexibility index (Phi) is 5.43. The number of hydrogen-bond acceptors (Lipinski definition) is 1. The van der Waals surface area contributed by atoms with Gasteiger partial charge in [0.2, 0.25) is 0 Å². The zero-order valence-corrected chi connectivity index (χ0v) is 12.1. The molecule has 0 saturated heterocycles. The topological polar surface area (TPSA) is 17.1 Å². The number of terminal acetylenes is 1. The van der Waals surface area contributed by atoms with Gasteiger partial charge < -0.3 is 0 Å². The first kappa shape index (κ1) is 15.9. The van der Waals surface area contributed by atoms with Crippen LogP contribution in [0, 0.1) is 24.0 Å². The summed E-state index contributed by atoms with van der Waals surface area (Å²) in [6.45, 7) is 0. The summed E-state index contributed by atoms with van der Waals surface area (Å²) < 4.78 is 26.2. The van der Waals surface area contributed by atoms with Crippen LogP contribution in [0.25, 0.3) is 0 Å². The Bertz CT molecular complexity index is 696. The number of carbonyl (C=O) groups is 1. The number of halogens is 2. The van der Waals surface area contributed by atoms with Gasteiger partial charge in [0.15, 0.2) is 0 Å². The first-order valence-electron chi connectivity index (χ1n) is 7.09. The fourth-order valence-electron chi connectivity index (χ4n) is 2.24. The van der Waals surface area contributed by atoms with Crippen molar-refractivity contribution in [1.29, 1.82) is 0 Å². The van der Waals surface area contributed by atoms with E-state index in [0.29, 0.717) is 31.2 Å². The standard InChI is InChI=1S/C19H16F2O/c1-2-14-6-8-15(9-7-14)12-18(22)5-3-4-16-10-11-17(20)13-19(16)21/h1,6-11,13H,3-5,12H2. The average Bonchev–Trinajstić information content (AvgIpc) is 2.50. The van der Waals surface area contributed by atoms with Gasteiger partial charge in [0, 0.05) is 24.5 Å². The Hall–Kier alpha value is -2.47. The van der Waals surface area contributed by atoms with Crippen molar-refractivity contribution in [2.45, 2.75) is 25.7 Å². The monoisotopic (exact) mass is 298 g/mol. The molecule has 0 amide bonds. The average molecular weight is 298 g/mol. The third kappa shape index (κ3) is 4.53. The summed E-state index contributed by atoms with van der Waals surface area (Å²) in [5.41, 5.74) is 2.13. The second-order valence-electron chi connectivity index (χ2n) is 5.15. The molecule has 0 fully saturated rings. The van der Waals surface area contributed by atoms with Crippen molar-refractivity contribution >= 4 is 5.78 Å². The van der Waals surface area contributed by atoms with Crippen molar-refractivity contribution in [3.8, 4) is 12.3 Å². The molecular formula is C19H16F2O. The molecule has 3 heteroatoms. The number of carbonyl (C=O) groups excluding carboxylic acids is 1. The number of Topliss-reactive ketones (excluding diaryl/α,β-unsaturated/α-hetero) is 1. The predicted octanol–water partition coefficient (Wildman–Crippen LogP) is 4.08. The molecule has 0 N–H and O–H groups in total. The molecule has 0 saturated carbocycles. The van der Waals surface area contributed by atoms with E-state index in [-0.39, 0.29) is 5.78 Å². The lowest BCUT2D eigenvalue weighted by molar-refractivity contribution is -0.118. The van der Waals surface area contributed by atoms with E-state index < -0.39 is 11.6 Å². The quantitative estimate of drug-likeness (QED) is 0.734. The third-order valence-corrected chi connectivity index (χ3v) is 3.44. The van der Waals surface area contributed by atoms with Crippen molar-refractivity contribution < 1.29 is 13.6 Å². The lowest BCUT2D eigenvalue weighted by Gasteiger charge is -2.04. The fraction of sp³-hybridized carbons (Fsp3) is 0.211. The van der Waals surface area contributed by atoms with E-state index in [2.05, 4.69) is 5.92 Å². The van der Waals surface area contributed by atoms with Crippen LogP contribution in [0.15, 0.2) is 42.5 Å². The second kappa shape index (κ2) is 7.51. The molecule has 0 aliphatic carbocycles. The highest BCUT2D eigenvalue weighted by Crippen LogP contribution is 2.13.